The average Bonchev–Trinajstić information content (AvgIpc) is 2.85. The molecule has 0 unspecified atom stereocenters. The standard InChI is InChI=1S/C16H13FN2O3S/c1-2-21-16(20)22-15-14(19-11-5-7-18-8-6-11)12-4-3-10(17)9-13(12)23-15/h3-9H,2H2,1H3,(H,18,19). The van der Waals surface area contributed by atoms with Crippen LogP contribution in [0.25, 0.3) is 10.1 Å². The Morgan fingerprint density at radius 3 is 2.83 bits per heavy atom. The van der Waals surface area contributed by atoms with Gasteiger partial charge in [-0.25, -0.2) is 9.18 Å². The van der Waals surface area contributed by atoms with Gasteiger partial charge in [0.15, 0.2) is 0 Å². The Labute approximate surface area is 135 Å². The van der Waals surface area contributed by atoms with Gasteiger partial charge in [0.25, 0.3) is 0 Å². The van der Waals surface area contributed by atoms with Crippen LogP contribution in [0.1, 0.15) is 6.92 Å². The molecule has 23 heavy (non-hydrogen) atoms. The fourth-order valence-corrected chi connectivity index (χ4v) is 3.06. The molecule has 0 aliphatic heterocycles. The predicted octanol–water partition coefficient (Wildman–Crippen LogP) is 4.71. The average molecular weight is 332 g/mol. The van der Waals surface area contributed by atoms with E-state index in [1.807, 2.05) is 0 Å². The van der Waals surface area contributed by atoms with Crippen LogP contribution in [0, 0.1) is 5.82 Å². The van der Waals surface area contributed by atoms with E-state index in [-0.39, 0.29) is 12.4 Å². The number of benzene rings is 1. The fourth-order valence-electron chi connectivity index (χ4n) is 2.04. The molecule has 1 N–H and O–H groups in total. The van der Waals surface area contributed by atoms with E-state index >= 15 is 0 Å². The molecule has 0 aliphatic rings. The monoisotopic (exact) mass is 332 g/mol. The molecular weight excluding hydrogens is 319 g/mol. The molecule has 0 radical (unpaired) electrons. The van der Waals surface area contributed by atoms with Crippen LogP contribution in [-0.4, -0.2) is 17.7 Å². The Kier molecular flexibility index (Phi) is 4.38. The van der Waals surface area contributed by atoms with Gasteiger partial charge < -0.3 is 14.8 Å². The minimum absolute atomic E-state index is 0.214. The van der Waals surface area contributed by atoms with E-state index in [1.54, 1.807) is 37.5 Å². The van der Waals surface area contributed by atoms with Crippen molar-refractivity contribution in [1.29, 1.82) is 0 Å². The largest absolute Gasteiger partial charge is 0.514 e. The first kappa shape index (κ1) is 15.2. The minimum Gasteiger partial charge on any atom is -0.434 e. The summed E-state index contributed by atoms with van der Waals surface area (Å²) < 4.78 is 24.1. The van der Waals surface area contributed by atoms with E-state index < -0.39 is 6.16 Å². The van der Waals surface area contributed by atoms with Gasteiger partial charge in [0.2, 0.25) is 5.06 Å². The third-order valence-electron chi connectivity index (χ3n) is 3.01. The first-order chi connectivity index (χ1) is 11.2. The Balaban J connectivity index is 2.02. The number of carbonyl (C=O) groups is 1. The van der Waals surface area contributed by atoms with E-state index in [1.165, 1.54) is 23.5 Å². The van der Waals surface area contributed by atoms with Gasteiger partial charge in [-0.05, 0) is 37.3 Å². The Morgan fingerprint density at radius 2 is 2.09 bits per heavy atom. The van der Waals surface area contributed by atoms with Gasteiger partial charge in [0, 0.05) is 28.2 Å². The van der Waals surface area contributed by atoms with Crippen LogP contribution in [-0.2, 0) is 4.74 Å². The van der Waals surface area contributed by atoms with Gasteiger partial charge >= 0.3 is 6.16 Å². The highest BCUT2D eigenvalue weighted by molar-refractivity contribution is 7.21. The SMILES string of the molecule is CCOC(=O)Oc1sc2cc(F)ccc2c1Nc1ccncc1. The molecule has 1 aromatic carbocycles. The Hall–Kier alpha value is -2.67. The third-order valence-corrected chi connectivity index (χ3v) is 4.04. The van der Waals surface area contributed by atoms with Crippen molar-refractivity contribution >= 4 is 39.0 Å². The van der Waals surface area contributed by atoms with E-state index in [4.69, 9.17) is 9.47 Å². The number of ether oxygens (including phenoxy) is 2. The molecule has 2 heterocycles. The normalized spacial score (nSPS) is 10.5. The molecule has 7 heteroatoms. The summed E-state index contributed by atoms with van der Waals surface area (Å²) in [7, 11) is 0. The molecule has 0 saturated carbocycles. The molecule has 3 aromatic rings. The van der Waals surface area contributed by atoms with Crippen LogP contribution in [0.4, 0.5) is 20.6 Å². The summed E-state index contributed by atoms with van der Waals surface area (Å²) in [5.41, 5.74) is 1.36. The predicted molar refractivity (Wildman–Crippen MR) is 87.0 cm³/mol. The maximum Gasteiger partial charge on any atom is 0.514 e. The first-order valence-corrected chi connectivity index (χ1v) is 7.72. The van der Waals surface area contributed by atoms with Gasteiger partial charge in [-0.2, -0.15) is 0 Å². The van der Waals surface area contributed by atoms with Crippen LogP contribution in [0.5, 0.6) is 5.06 Å². The zero-order chi connectivity index (χ0) is 16.2. The number of thiophene rings is 1. The van der Waals surface area contributed by atoms with E-state index in [0.29, 0.717) is 15.5 Å². The van der Waals surface area contributed by atoms with Crippen molar-refractivity contribution < 1.29 is 18.7 Å². The van der Waals surface area contributed by atoms with Gasteiger partial charge in [-0.15, -0.1) is 0 Å². The molecule has 0 atom stereocenters. The Bertz CT molecular complexity index is 836. The number of rotatable bonds is 4. The number of pyridine rings is 1. The highest BCUT2D eigenvalue weighted by Gasteiger charge is 2.18. The lowest BCUT2D eigenvalue weighted by Gasteiger charge is -2.08. The molecule has 5 nitrogen and oxygen atoms in total. The molecule has 118 valence electrons. The van der Waals surface area contributed by atoms with Crippen molar-refractivity contribution in [3.63, 3.8) is 0 Å². The summed E-state index contributed by atoms with van der Waals surface area (Å²) in [6.45, 7) is 1.91. The summed E-state index contributed by atoms with van der Waals surface area (Å²) in [6.07, 6.45) is 2.49. The van der Waals surface area contributed by atoms with Crippen LogP contribution < -0.4 is 10.1 Å². The zero-order valence-electron chi connectivity index (χ0n) is 12.2. The maximum atomic E-state index is 13.4. The first-order valence-electron chi connectivity index (χ1n) is 6.91. The topological polar surface area (TPSA) is 60.5 Å². The highest BCUT2D eigenvalue weighted by Crippen LogP contribution is 2.43. The summed E-state index contributed by atoms with van der Waals surface area (Å²) >= 11 is 1.17. The third kappa shape index (κ3) is 3.40. The molecular formula is C16H13FN2O3S. The van der Waals surface area contributed by atoms with E-state index in [9.17, 15) is 9.18 Å². The summed E-state index contributed by atoms with van der Waals surface area (Å²) in [5.74, 6) is -0.350. The summed E-state index contributed by atoms with van der Waals surface area (Å²) in [5, 5.41) is 4.25. The number of fused-ring (bicyclic) bond motifs is 1. The highest BCUT2D eigenvalue weighted by atomic mass is 32.1. The van der Waals surface area contributed by atoms with Gasteiger partial charge in [-0.3, -0.25) is 4.98 Å². The Morgan fingerprint density at radius 1 is 1.30 bits per heavy atom. The maximum absolute atomic E-state index is 13.4. The molecule has 2 aromatic heterocycles. The summed E-state index contributed by atoms with van der Waals surface area (Å²) in [6, 6.07) is 7.96. The second-order valence-electron chi connectivity index (χ2n) is 4.55. The summed E-state index contributed by atoms with van der Waals surface area (Å²) in [4.78, 5) is 15.6. The number of nitrogens with one attached hydrogen (secondary N) is 1. The van der Waals surface area contributed by atoms with E-state index in [2.05, 4.69) is 10.3 Å². The molecule has 0 fully saturated rings. The second kappa shape index (κ2) is 6.62. The lowest BCUT2D eigenvalue weighted by molar-refractivity contribution is 0.106. The van der Waals surface area contributed by atoms with Crippen molar-refractivity contribution in [2.24, 2.45) is 0 Å². The second-order valence-corrected chi connectivity index (χ2v) is 5.57. The van der Waals surface area contributed by atoms with Crippen molar-refractivity contribution in [3.8, 4) is 5.06 Å². The van der Waals surface area contributed by atoms with Gasteiger partial charge in [-0.1, -0.05) is 11.3 Å². The lowest BCUT2D eigenvalue weighted by Crippen LogP contribution is -2.10. The van der Waals surface area contributed by atoms with Crippen LogP contribution in [0.2, 0.25) is 0 Å². The van der Waals surface area contributed by atoms with Crippen LogP contribution >= 0.6 is 11.3 Å². The molecule has 0 spiro atoms. The fraction of sp³-hybridized carbons (Fsp3) is 0.125. The van der Waals surface area contributed by atoms with Crippen molar-refractivity contribution in [2.75, 3.05) is 11.9 Å². The lowest BCUT2D eigenvalue weighted by atomic mass is 10.2. The van der Waals surface area contributed by atoms with Crippen molar-refractivity contribution in [2.45, 2.75) is 6.92 Å². The number of anilines is 2. The quantitative estimate of drug-likeness (QED) is 0.701. The van der Waals surface area contributed by atoms with Gasteiger partial charge in [0.1, 0.15) is 11.5 Å². The number of halogens is 1. The smallest absolute Gasteiger partial charge is 0.434 e. The molecule has 0 bridgehead atoms. The molecule has 3 rings (SSSR count). The molecule has 0 saturated heterocycles. The van der Waals surface area contributed by atoms with Crippen molar-refractivity contribution in [3.05, 3.63) is 48.5 Å². The number of aromatic nitrogens is 1. The number of hydrogen-bond acceptors (Lipinski definition) is 6. The molecule has 0 aliphatic carbocycles. The number of nitrogens with zero attached hydrogens (tertiary/aromatic N) is 1. The number of hydrogen-bond donors (Lipinski definition) is 1. The van der Waals surface area contributed by atoms with Gasteiger partial charge in [0.05, 0.1) is 6.61 Å². The minimum atomic E-state index is -0.794. The number of carbonyl (C=O) groups excluding carboxylic acids is 1. The van der Waals surface area contributed by atoms with Crippen LogP contribution in [0.15, 0.2) is 42.7 Å². The molecule has 0 amide bonds. The van der Waals surface area contributed by atoms with E-state index in [0.717, 1.165) is 11.1 Å². The zero-order valence-corrected chi connectivity index (χ0v) is 13.0. The van der Waals surface area contributed by atoms with Crippen LogP contribution in [0.3, 0.4) is 0 Å². The van der Waals surface area contributed by atoms with Crippen molar-refractivity contribution in [1.82, 2.24) is 4.98 Å².